The van der Waals surface area contributed by atoms with Gasteiger partial charge in [-0.1, -0.05) is 42.5 Å². The molecule has 0 aromatic heterocycles. The molecule has 6 nitrogen and oxygen atoms in total. The van der Waals surface area contributed by atoms with E-state index in [0.717, 1.165) is 11.1 Å². The van der Waals surface area contributed by atoms with E-state index in [-0.39, 0.29) is 19.4 Å². The quantitative estimate of drug-likeness (QED) is 0.634. The zero-order valence-electron chi connectivity index (χ0n) is 14.5. The van der Waals surface area contributed by atoms with Crippen LogP contribution in [0.2, 0.25) is 0 Å². The molecule has 0 aliphatic carbocycles. The Kier molecular flexibility index (Phi) is 7.64. The summed E-state index contributed by atoms with van der Waals surface area (Å²) in [6.45, 7) is 0.984. The molecule has 0 heterocycles. The van der Waals surface area contributed by atoms with Crippen LogP contribution in [0.5, 0.6) is 5.75 Å². The number of hydrogen-bond donors (Lipinski definition) is 2. The third kappa shape index (κ3) is 6.57. The fraction of sp³-hybridized carbons (Fsp3) is 0.300. The van der Waals surface area contributed by atoms with E-state index >= 15 is 0 Å². The fourth-order valence-corrected chi connectivity index (χ4v) is 2.43. The highest BCUT2D eigenvalue weighted by Gasteiger charge is 2.22. The lowest BCUT2D eigenvalue weighted by Crippen LogP contribution is -2.21. The van der Waals surface area contributed by atoms with Gasteiger partial charge in [-0.2, -0.15) is 0 Å². The summed E-state index contributed by atoms with van der Waals surface area (Å²) < 4.78 is 10.6. The van der Waals surface area contributed by atoms with Gasteiger partial charge < -0.3 is 20.3 Å². The second-order valence-electron chi connectivity index (χ2n) is 5.87. The maximum atomic E-state index is 12.0. The molecule has 0 aliphatic heterocycles. The summed E-state index contributed by atoms with van der Waals surface area (Å²) in [4.78, 5) is 23.5. The summed E-state index contributed by atoms with van der Waals surface area (Å²) in [6, 6.07) is 16.4. The molecule has 6 heteroatoms. The average molecular weight is 357 g/mol. The van der Waals surface area contributed by atoms with Crippen molar-refractivity contribution in [2.45, 2.75) is 19.4 Å². The number of nitrogens with two attached hydrogens (primary N) is 1. The highest BCUT2D eigenvalue weighted by molar-refractivity contribution is 5.79. The van der Waals surface area contributed by atoms with E-state index < -0.39 is 17.9 Å². The Hall–Kier alpha value is -2.86. The molecule has 0 saturated carbocycles. The molecule has 3 N–H and O–H groups in total. The first-order chi connectivity index (χ1) is 12.6. The van der Waals surface area contributed by atoms with Gasteiger partial charge in [0.15, 0.2) is 0 Å². The lowest BCUT2D eigenvalue weighted by Gasteiger charge is -2.13. The van der Waals surface area contributed by atoms with Crippen LogP contribution in [-0.4, -0.2) is 30.2 Å². The SMILES string of the molecule is NCCOc1ccc(CC(CC(=O)OCc2ccccc2)C(=O)O)cc1. The van der Waals surface area contributed by atoms with Crippen molar-refractivity contribution >= 4 is 11.9 Å². The summed E-state index contributed by atoms with van der Waals surface area (Å²) in [6.07, 6.45) is 0.0700. The first-order valence-electron chi connectivity index (χ1n) is 8.42. The highest BCUT2D eigenvalue weighted by atomic mass is 16.5. The molecule has 0 amide bonds. The Morgan fingerprint density at radius 1 is 1.00 bits per heavy atom. The zero-order valence-corrected chi connectivity index (χ0v) is 14.5. The summed E-state index contributed by atoms with van der Waals surface area (Å²) in [5, 5.41) is 9.39. The summed E-state index contributed by atoms with van der Waals surface area (Å²) >= 11 is 0. The van der Waals surface area contributed by atoms with E-state index in [0.29, 0.717) is 18.9 Å². The lowest BCUT2D eigenvalue weighted by atomic mass is 9.96. The molecule has 2 aromatic carbocycles. The van der Waals surface area contributed by atoms with Crippen molar-refractivity contribution in [1.29, 1.82) is 0 Å². The monoisotopic (exact) mass is 357 g/mol. The normalized spacial score (nSPS) is 11.6. The third-order valence-corrected chi connectivity index (χ3v) is 3.80. The number of benzene rings is 2. The van der Waals surface area contributed by atoms with Gasteiger partial charge in [-0.05, 0) is 29.7 Å². The van der Waals surface area contributed by atoms with Gasteiger partial charge in [0.25, 0.3) is 0 Å². The van der Waals surface area contributed by atoms with E-state index in [1.165, 1.54) is 0 Å². The minimum Gasteiger partial charge on any atom is -0.492 e. The van der Waals surface area contributed by atoms with Crippen LogP contribution in [0.15, 0.2) is 54.6 Å². The summed E-state index contributed by atoms with van der Waals surface area (Å²) in [7, 11) is 0. The zero-order chi connectivity index (χ0) is 18.8. The number of aliphatic carboxylic acids is 1. The average Bonchev–Trinajstić information content (AvgIpc) is 2.66. The van der Waals surface area contributed by atoms with Crippen molar-refractivity contribution < 1.29 is 24.2 Å². The number of ether oxygens (including phenoxy) is 2. The van der Waals surface area contributed by atoms with Crippen LogP contribution in [-0.2, 0) is 27.4 Å². The predicted molar refractivity (Wildman–Crippen MR) is 96.7 cm³/mol. The Balaban J connectivity index is 1.87. The van der Waals surface area contributed by atoms with E-state index in [4.69, 9.17) is 15.2 Å². The molecule has 2 aromatic rings. The first-order valence-corrected chi connectivity index (χ1v) is 8.42. The Morgan fingerprint density at radius 3 is 2.31 bits per heavy atom. The minimum atomic E-state index is -1.02. The molecule has 2 rings (SSSR count). The van der Waals surface area contributed by atoms with Gasteiger partial charge in [0.05, 0.1) is 12.3 Å². The Labute approximate surface area is 152 Å². The maximum Gasteiger partial charge on any atom is 0.307 e. The van der Waals surface area contributed by atoms with E-state index in [2.05, 4.69) is 0 Å². The van der Waals surface area contributed by atoms with Gasteiger partial charge in [-0.25, -0.2) is 0 Å². The number of carbonyl (C=O) groups excluding carboxylic acids is 1. The van der Waals surface area contributed by atoms with E-state index in [9.17, 15) is 14.7 Å². The van der Waals surface area contributed by atoms with Gasteiger partial charge in [0.2, 0.25) is 0 Å². The third-order valence-electron chi connectivity index (χ3n) is 3.80. The van der Waals surface area contributed by atoms with Gasteiger partial charge in [0.1, 0.15) is 19.0 Å². The molecule has 1 unspecified atom stereocenters. The van der Waals surface area contributed by atoms with Crippen LogP contribution in [0.3, 0.4) is 0 Å². The van der Waals surface area contributed by atoms with Crippen molar-refractivity contribution in [2.24, 2.45) is 11.7 Å². The number of carboxylic acid groups (broad SMARTS) is 1. The van der Waals surface area contributed by atoms with Gasteiger partial charge in [-0.15, -0.1) is 0 Å². The Bertz CT molecular complexity index is 700. The maximum absolute atomic E-state index is 12.0. The van der Waals surface area contributed by atoms with Crippen LogP contribution in [0.1, 0.15) is 17.5 Å². The van der Waals surface area contributed by atoms with Crippen LogP contribution < -0.4 is 10.5 Å². The number of carbonyl (C=O) groups is 2. The molecule has 0 spiro atoms. The van der Waals surface area contributed by atoms with Crippen molar-refractivity contribution in [3.05, 3.63) is 65.7 Å². The topological polar surface area (TPSA) is 98.9 Å². The van der Waals surface area contributed by atoms with Crippen molar-refractivity contribution in [3.63, 3.8) is 0 Å². The van der Waals surface area contributed by atoms with E-state index in [1.807, 2.05) is 30.3 Å². The van der Waals surface area contributed by atoms with E-state index in [1.54, 1.807) is 24.3 Å². The molecule has 0 radical (unpaired) electrons. The smallest absolute Gasteiger partial charge is 0.307 e. The van der Waals surface area contributed by atoms with Gasteiger partial charge >= 0.3 is 11.9 Å². The van der Waals surface area contributed by atoms with Crippen molar-refractivity contribution in [1.82, 2.24) is 0 Å². The number of rotatable bonds is 10. The summed E-state index contributed by atoms with van der Waals surface area (Å²) in [5.41, 5.74) is 7.05. The fourth-order valence-electron chi connectivity index (χ4n) is 2.43. The largest absolute Gasteiger partial charge is 0.492 e. The van der Waals surface area contributed by atoms with Gasteiger partial charge in [-0.3, -0.25) is 9.59 Å². The Morgan fingerprint density at radius 2 is 1.69 bits per heavy atom. The summed E-state index contributed by atoms with van der Waals surface area (Å²) in [5.74, 6) is -1.71. The second-order valence-corrected chi connectivity index (χ2v) is 5.87. The number of esters is 1. The predicted octanol–water partition coefficient (Wildman–Crippen LogP) is 2.40. The minimum absolute atomic E-state index is 0.138. The first kappa shape index (κ1) is 19.5. The molecule has 0 bridgehead atoms. The molecule has 0 aliphatic rings. The standard InChI is InChI=1S/C20H23NO5/c21-10-11-25-18-8-6-15(7-9-18)12-17(20(23)24)13-19(22)26-14-16-4-2-1-3-5-16/h1-9,17H,10-14,21H2,(H,23,24). The van der Waals surface area contributed by atoms with Crippen molar-refractivity contribution in [2.75, 3.05) is 13.2 Å². The van der Waals surface area contributed by atoms with Crippen molar-refractivity contribution in [3.8, 4) is 5.75 Å². The number of hydrogen-bond acceptors (Lipinski definition) is 5. The molecular weight excluding hydrogens is 334 g/mol. The molecule has 1 atom stereocenters. The molecule has 26 heavy (non-hydrogen) atoms. The second kappa shape index (κ2) is 10.2. The number of carboxylic acids is 1. The van der Waals surface area contributed by atoms with Crippen LogP contribution in [0.4, 0.5) is 0 Å². The molecule has 138 valence electrons. The molecule has 0 fully saturated rings. The molecule has 0 saturated heterocycles. The lowest BCUT2D eigenvalue weighted by molar-refractivity contribution is -0.152. The van der Waals surface area contributed by atoms with Crippen LogP contribution in [0.25, 0.3) is 0 Å². The molecular formula is C20H23NO5. The van der Waals surface area contributed by atoms with Crippen LogP contribution >= 0.6 is 0 Å². The highest BCUT2D eigenvalue weighted by Crippen LogP contribution is 2.18. The van der Waals surface area contributed by atoms with Gasteiger partial charge in [0, 0.05) is 6.54 Å². The van der Waals surface area contributed by atoms with Crippen LogP contribution in [0, 0.1) is 5.92 Å².